The zero-order valence-electron chi connectivity index (χ0n) is 12.2. The Hall–Kier alpha value is -2.56. The van der Waals surface area contributed by atoms with Crippen molar-refractivity contribution in [2.24, 2.45) is 0 Å². The van der Waals surface area contributed by atoms with Crippen molar-refractivity contribution >= 4 is 11.6 Å². The lowest BCUT2D eigenvalue weighted by Crippen LogP contribution is -2.28. The number of nitrogens with one attached hydrogen (secondary N) is 2. The van der Waals surface area contributed by atoms with E-state index in [2.05, 4.69) is 15.6 Å². The van der Waals surface area contributed by atoms with Crippen molar-refractivity contribution in [3.05, 3.63) is 53.7 Å². The van der Waals surface area contributed by atoms with E-state index in [4.69, 9.17) is 4.74 Å². The van der Waals surface area contributed by atoms with Crippen LogP contribution in [0, 0.1) is 6.92 Å². The van der Waals surface area contributed by atoms with Crippen LogP contribution in [-0.2, 0) is 0 Å². The first-order valence-corrected chi connectivity index (χ1v) is 6.78. The number of methoxy groups -OCH3 is 1. The van der Waals surface area contributed by atoms with Gasteiger partial charge in [0.25, 0.3) is 5.91 Å². The molecule has 21 heavy (non-hydrogen) atoms. The van der Waals surface area contributed by atoms with Crippen LogP contribution in [0.5, 0.6) is 5.88 Å². The maximum atomic E-state index is 11.9. The predicted molar refractivity (Wildman–Crippen MR) is 82.8 cm³/mol. The summed E-state index contributed by atoms with van der Waals surface area (Å²) >= 11 is 0. The number of aromatic nitrogens is 1. The lowest BCUT2D eigenvalue weighted by Gasteiger charge is -2.09. The summed E-state index contributed by atoms with van der Waals surface area (Å²) in [5, 5.41) is 6.07. The highest BCUT2D eigenvalue weighted by atomic mass is 16.5. The zero-order chi connectivity index (χ0) is 15.1. The number of aryl methyl sites for hydroxylation is 1. The van der Waals surface area contributed by atoms with Crippen LogP contribution in [-0.4, -0.2) is 31.1 Å². The topological polar surface area (TPSA) is 63.2 Å². The highest BCUT2D eigenvalue weighted by Crippen LogP contribution is 2.12. The third kappa shape index (κ3) is 4.49. The van der Waals surface area contributed by atoms with Crippen LogP contribution in [0.2, 0.25) is 0 Å². The molecule has 0 saturated carbocycles. The third-order valence-corrected chi connectivity index (χ3v) is 3.00. The number of anilines is 1. The Bertz CT molecular complexity index is 597. The molecule has 2 N–H and O–H groups in total. The summed E-state index contributed by atoms with van der Waals surface area (Å²) in [6.07, 6.45) is 1.67. The Morgan fingerprint density at radius 3 is 2.67 bits per heavy atom. The number of hydrogen-bond donors (Lipinski definition) is 2. The van der Waals surface area contributed by atoms with Crippen molar-refractivity contribution in [3.8, 4) is 5.88 Å². The van der Waals surface area contributed by atoms with Crippen molar-refractivity contribution in [2.45, 2.75) is 6.92 Å². The first kappa shape index (κ1) is 14.8. The average molecular weight is 285 g/mol. The van der Waals surface area contributed by atoms with Crippen molar-refractivity contribution in [1.29, 1.82) is 0 Å². The minimum absolute atomic E-state index is 0.0656. The first-order chi connectivity index (χ1) is 10.2. The van der Waals surface area contributed by atoms with Gasteiger partial charge in [-0.05, 0) is 25.1 Å². The summed E-state index contributed by atoms with van der Waals surface area (Å²) in [6.45, 7) is 3.16. The smallest absolute Gasteiger partial charge is 0.251 e. The second-order valence-electron chi connectivity index (χ2n) is 4.64. The maximum Gasteiger partial charge on any atom is 0.251 e. The van der Waals surface area contributed by atoms with Gasteiger partial charge in [0.2, 0.25) is 5.88 Å². The molecule has 0 saturated heterocycles. The molecule has 1 amide bonds. The number of amides is 1. The van der Waals surface area contributed by atoms with Gasteiger partial charge >= 0.3 is 0 Å². The SMILES string of the molecule is COc1cc(NCCNC(=O)c2ccc(C)cc2)ccn1. The van der Waals surface area contributed by atoms with Crippen LogP contribution in [0.15, 0.2) is 42.6 Å². The average Bonchev–Trinajstić information content (AvgIpc) is 2.52. The number of carbonyl (C=O) groups excluding carboxylic acids is 1. The van der Waals surface area contributed by atoms with Gasteiger partial charge in [-0.15, -0.1) is 0 Å². The molecule has 5 heteroatoms. The predicted octanol–water partition coefficient (Wildman–Crippen LogP) is 2.24. The highest BCUT2D eigenvalue weighted by molar-refractivity contribution is 5.94. The summed E-state index contributed by atoms with van der Waals surface area (Å²) in [4.78, 5) is 15.9. The van der Waals surface area contributed by atoms with E-state index >= 15 is 0 Å². The Balaban J connectivity index is 1.76. The normalized spacial score (nSPS) is 10.0. The molecule has 1 aromatic carbocycles. The molecule has 0 fully saturated rings. The maximum absolute atomic E-state index is 11.9. The molecule has 110 valence electrons. The summed E-state index contributed by atoms with van der Waals surface area (Å²) < 4.78 is 5.05. The lowest BCUT2D eigenvalue weighted by atomic mass is 10.1. The van der Waals surface area contributed by atoms with E-state index in [1.165, 1.54) is 0 Å². The molecule has 0 aliphatic heterocycles. The van der Waals surface area contributed by atoms with Crippen molar-refractivity contribution in [2.75, 3.05) is 25.5 Å². The molecular weight excluding hydrogens is 266 g/mol. The van der Waals surface area contributed by atoms with Gasteiger partial charge in [0.05, 0.1) is 7.11 Å². The van der Waals surface area contributed by atoms with Crippen molar-refractivity contribution < 1.29 is 9.53 Å². The second kappa shape index (κ2) is 7.28. The summed E-state index contributed by atoms with van der Waals surface area (Å²) in [5.74, 6) is 0.493. The Labute approximate surface area is 124 Å². The molecule has 0 spiro atoms. The molecule has 0 unspecified atom stereocenters. The number of hydrogen-bond acceptors (Lipinski definition) is 4. The minimum Gasteiger partial charge on any atom is -0.481 e. The molecule has 0 aliphatic carbocycles. The Morgan fingerprint density at radius 2 is 1.95 bits per heavy atom. The third-order valence-electron chi connectivity index (χ3n) is 3.00. The van der Waals surface area contributed by atoms with E-state index in [1.807, 2.05) is 43.3 Å². The molecule has 2 aromatic rings. The van der Waals surface area contributed by atoms with Crippen molar-refractivity contribution in [3.63, 3.8) is 0 Å². The Kier molecular flexibility index (Phi) is 5.15. The van der Waals surface area contributed by atoms with Crippen LogP contribution < -0.4 is 15.4 Å². The zero-order valence-corrected chi connectivity index (χ0v) is 12.2. The van der Waals surface area contributed by atoms with E-state index in [0.717, 1.165) is 11.3 Å². The number of ether oxygens (including phenoxy) is 1. The van der Waals surface area contributed by atoms with E-state index in [9.17, 15) is 4.79 Å². The highest BCUT2D eigenvalue weighted by Gasteiger charge is 2.03. The molecule has 0 bridgehead atoms. The summed E-state index contributed by atoms with van der Waals surface area (Å²) in [7, 11) is 1.58. The van der Waals surface area contributed by atoms with Crippen LogP contribution >= 0.6 is 0 Å². The van der Waals surface area contributed by atoms with Crippen LogP contribution in [0.3, 0.4) is 0 Å². The van der Waals surface area contributed by atoms with Gasteiger partial charge in [-0.25, -0.2) is 4.98 Å². The molecule has 1 aromatic heterocycles. The van der Waals surface area contributed by atoms with Gasteiger partial charge in [0.1, 0.15) is 0 Å². The lowest BCUT2D eigenvalue weighted by molar-refractivity contribution is 0.0955. The fraction of sp³-hybridized carbons (Fsp3) is 0.250. The van der Waals surface area contributed by atoms with Gasteiger partial charge < -0.3 is 15.4 Å². The van der Waals surface area contributed by atoms with Gasteiger partial charge in [0.15, 0.2) is 0 Å². The van der Waals surface area contributed by atoms with E-state index in [1.54, 1.807) is 13.3 Å². The number of pyridine rings is 1. The largest absolute Gasteiger partial charge is 0.481 e. The molecule has 0 atom stereocenters. The standard InChI is InChI=1S/C16H19N3O2/c1-12-3-5-13(6-4-12)16(20)19-10-9-17-14-7-8-18-15(11-14)21-2/h3-8,11H,9-10H2,1-2H3,(H,17,18)(H,19,20). The van der Waals surface area contributed by atoms with Crippen LogP contribution in [0.4, 0.5) is 5.69 Å². The van der Waals surface area contributed by atoms with E-state index in [0.29, 0.717) is 24.5 Å². The quantitative estimate of drug-likeness (QED) is 0.799. The van der Waals surface area contributed by atoms with Gasteiger partial charge in [-0.3, -0.25) is 4.79 Å². The monoisotopic (exact) mass is 285 g/mol. The molecular formula is C16H19N3O2. The fourth-order valence-electron chi connectivity index (χ4n) is 1.82. The van der Waals surface area contributed by atoms with Gasteiger partial charge in [-0.2, -0.15) is 0 Å². The summed E-state index contributed by atoms with van der Waals surface area (Å²) in [6, 6.07) is 11.2. The fourth-order valence-corrected chi connectivity index (χ4v) is 1.82. The number of rotatable bonds is 6. The number of carbonyl (C=O) groups is 1. The minimum atomic E-state index is -0.0656. The van der Waals surface area contributed by atoms with Crippen molar-refractivity contribution in [1.82, 2.24) is 10.3 Å². The molecule has 0 radical (unpaired) electrons. The molecule has 2 rings (SSSR count). The first-order valence-electron chi connectivity index (χ1n) is 6.78. The van der Waals surface area contributed by atoms with Gasteiger partial charge in [-0.1, -0.05) is 17.7 Å². The Morgan fingerprint density at radius 1 is 1.19 bits per heavy atom. The van der Waals surface area contributed by atoms with E-state index < -0.39 is 0 Å². The molecule has 1 heterocycles. The molecule has 0 aliphatic rings. The van der Waals surface area contributed by atoms with Gasteiger partial charge in [0, 0.05) is 36.6 Å². The van der Waals surface area contributed by atoms with Crippen LogP contribution in [0.1, 0.15) is 15.9 Å². The van der Waals surface area contributed by atoms with Crippen LogP contribution in [0.25, 0.3) is 0 Å². The molecule has 5 nitrogen and oxygen atoms in total. The summed E-state index contributed by atoms with van der Waals surface area (Å²) in [5.41, 5.74) is 2.72. The van der Waals surface area contributed by atoms with E-state index in [-0.39, 0.29) is 5.91 Å². The number of benzene rings is 1. The number of nitrogens with zero attached hydrogens (tertiary/aromatic N) is 1. The second-order valence-corrected chi connectivity index (χ2v) is 4.64.